The fraction of sp³-hybridized carbons (Fsp3) is 0.100. The Morgan fingerprint density at radius 3 is 2.79 bits per heavy atom. The summed E-state index contributed by atoms with van der Waals surface area (Å²) in [7, 11) is -1.32. The second kappa shape index (κ2) is 7.49. The molecule has 0 aliphatic carbocycles. The molecule has 0 aliphatic rings. The normalized spacial score (nSPS) is 13.2. The van der Waals surface area contributed by atoms with Crippen LogP contribution in [0.5, 0.6) is 5.75 Å². The molecule has 9 heteroatoms. The molecule has 7 nitrogen and oxygen atoms in total. The van der Waals surface area contributed by atoms with E-state index in [1.165, 1.54) is 13.4 Å². The number of hydrogen-bond donors (Lipinski definition) is 3. The van der Waals surface area contributed by atoms with Gasteiger partial charge in [0.05, 0.1) is 37.6 Å². The van der Waals surface area contributed by atoms with E-state index in [9.17, 15) is 4.21 Å². The van der Waals surface area contributed by atoms with Crippen LogP contribution in [-0.4, -0.2) is 32.5 Å². The lowest BCUT2D eigenvalue weighted by Gasteiger charge is -2.13. The van der Waals surface area contributed by atoms with E-state index in [1.54, 1.807) is 24.4 Å². The molecule has 0 spiro atoms. The molecule has 4 aromatic rings. The Kier molecular flexibility index (Phi) is 5.01. The zero-order valence-electron chi connectivity index (χ0n) is 15.7. The first-order chi connectivity index (χ1) is 13.9. The van der Waals surface area contributed by atoms with Gasteiger partial charge in [-0.15, -0.1) is 0 Å². The lowest BCUT2D eigenvalue weighted by atomic mass is 10.1. The lowest BCUT2D eigenvalue weighted by molar-refractivity contribution is 0.415. The second-order valence-corrected chi connectivity index (χ2v) is 9.48. The van der Waals surface area contributed by atoms with Gasteiger partial charge in [-0.25, -0.2) is 19.0 Å². The number of aromatic amines is 1. The second-order valence-electron chi connectivity index (χ2n) is 6.47. The number of methoxy groups -OCH3 is 1. The number of fused-ring (bicyclic) bond motifs is 1. The van der Waals surface area contributed by atoms with Crippen LogP contribution < -0.4 is 10.1 Å². The molecule has 29 heavy (non-hydrogen) atoms. The number of anilines is 2. The Morgan fingerprint density at radius 1 is 1.24 bits per heavy atom. The first kappa shape index (κ1) is 19.4. The summed E-state index contributed by atoms with van der Waals surface area (Å²) in [6.07, 6.45) is 4.99. The SMILES string of the molecule is COc1cc(S(C)(=N)=O)ccc1Nc1ncc(Br)c(-c2c[nH]c3ccccc23)n1. The van der Waals surface area contributed by atoms with Crippen molar-refractivity contribution < 1.29 is 8.95 Å². The average molecular weight is 472 g/mol. The monoisotopic (exact) mass is 471 g/mol. The van der Waals surface area contributed by atoms with E-state index >= 15 is 0 Å². The number of para-hydroxylation sites is 1. The standard InChI is InChI=1S/C20H18BrN5O2S/c1-28-18-9-12(29(2,22)27)7-8-17(18)25-20-24-11-15(21)19(26-20)14-10-23-16-6-4-3-5-13(14)16/h3-11,22-23H,1-2H3,(H,24,25,26). The summed E-state index contributed by atoms with van der Waals surface area (Å²) in [6.45, 7) is 0. The van der Waals surface area contributed by atoms with Crippen molar-refractivity contribution in [1.29, 1.82) is 4.78 Å². The van der Waals surface area contributed by atoms with Crippen LogP contribution in [0.25, 0.3) is 22.2 Å². The molecule has 1 atom stereocenters. The minimum Gasteiger partial charge on any atom is -0.495 e. The van der Waals surface area contributed by atoms with E-state index in [2.05, 4.69) is 36.2 Å². The molecule has 3 N–H and O–H groups in total. The van der Waals surface area contributed by atoms with Gasteiger partial charge >= 0.3 is 0 Å². The van der Waals surface area contributed by atoms with Gasteiger partial charge in [-0.05, 0) is 40.2 Å². The summed E-state index contributed by atoms with van der Waals surface area (Å²) in [4.78, 5) is 12.7. The highest BCUT2D eigenvalue weighted by Crippen LogP contribution is 2.34. The van der Waals surface area contributed by atoms with Crippen LogP contribution >= 0.6 is 15.9 Å². The van der Waals surface area contributed by atoms with Crippen LogP contribution in [-0.2, 0) is 9.73 Å². The fourth-order valence-electron chi connectivity index (χ4n) is 3.02. The predicted octanol–water partition coefficient (Wildman–Crippen LogP) is 5.18. The van der Waals surface area contributed by atoms with Crippen LogP contribution in [0.15, 0.2) is 64.2 Å². The highest BCUT2D eigenvalue weighted by atomic mass is 79.9. The number of halogens is 1. The van der Waals surface area contributed by atoms with E-state index in [0.717, 1.165) is 26.6 Å². The number of hydrogen-bond acceptors (Lipinski definition) is 6. The van der Waals surface area contributed by atoms with E-state index in [4.69, 9.17) is 9.52 Å². The van der Waals surface area contributed by atoms with E-state index < -0.39 is 9.73 Å². The minimum absolute atomic E-state index is 0.391. The molecule has 4 rings (SSSR count). The molecule has 2 aromatic carbocycles. The van der Waals surface area contributed by atoms with Crippen molar-refractivity contribution in [2.45, 2.75) is 4.90 Å². The molecule has 0 radical (unpaired) electrons. The van der Waals surface area contributed by atoms with E-state index in [0.29, 0.717) is 22.3 Å². The summed E-state index contributed by atoms with van der Waals surface area (Å²) in [6, 6.07) is 13.0. The molecule has 2 heterocycles. The van der Waals surface area contributed by atoms with Crippen LogP contribution in [0.3, 0.4) is 0 Å². The van der Waals surface area contributed by atoms with E-state index in [-0.39, 0.29) is 0 Å². The fourth-order valence-corrected chi connectivity index (χ4v) is 4.09. The highest BCUT2D eigenvalue weighted by molar-refractivity contribution is 9.10. The van der Waals surface area contributed by atoms with Crippen molar-refractivity contribution in [2.24, 2.45) is 0 Å². The van der Waals surface area contributed by atoms with E-state index in [1.807, 2.05) is 30.5 Å². The summed E-state index contributed by atoms with van der Waals surface area (Å²) in [5.41, 5.74) is 3.35. The van der Waals surface area contributed by atoms with Gasteiger partial charge in [0.1, 0.15) is 5.75 Å². The number of benzene rings is 2. The smallest absolute Gasteiger partial charge is 0.227 e. The Hall–Kier alpha value is -2.91. The van der Waals surface area contributed by atoms with Crippen molar-refractivity contribution in [3.05, 3.63) is 59.3 Å². The number of rotatable bonds is 5. The van der Waals surface area contributed by atoms with Crippen molar-refractivity contribution >= 4 is 48.2 Å². The number of ether oxygens (including phenoxy) is 1. The molecule has 148 valence electrons. The molecule has 0 saturated carbocycles. The Balaban J connectivity index is 1.74. The molecule has 0 aliphatic heterocycles. The topological polar surface area (TPSA) is 104 Å². The van der Waals surface area contributed by atoms with Gasteiger partial charge in [-0.2, -0.15) is 0 Å². The molecule has 0 saturated heterocycles. The van der Waals surface area contributed by atoms with Crippen LogP contribution in [0.1, 0.15) is 0 Å². The zero-order chi connectivity index (χ0) is 20.6. The molecular formula is C20H18BrN5O2S. The largest absolute Gasteiger partial charge is 0.495 e. The Labute approximate surface area is 176 Å². The summed E-state index contributed by atoms with van der Waals surface area (Å²) in [5.74, 6) is 0.854. The minimum atomic E-state index is -2.84. The number of nitrogens with one attached hydrogen (secondary N) is 3. The number of nitrogens with zero attached hydrogens (tertiary/aromatic N) is 2. The van der Waals surface area contributed by atoms with Gasteiger partial charge < -0.3 is 15.0 Å². The zero-order valence-corrected chi connectivity index (χ0v) is 18.1. The molecule has 0 bridgehead atoms. The highest BCUT2D eigenvalue weighted by Gasteiger charge is 2.14. The van der Waals surface area contributed by atoms with Gasteiger partial charge in [-0.1, -0.05) is 18.2 Å². The third-order valence-electron chi connectivity index (χ3n) is 4.46. The molecule has 1 unspecified atom stereocenters. The molecular weight excluding hydrogens is 454 g/mol. The first-order valence-electron chi connectivity index (χ1n) is 8.64. The number of aromatic nitrogens is 3. The van der Waals surface area contributed by atoms with Gasteiger partial charge in [0.25, 0.3) is 0 Å². The van der Waals surface area contributed by atoms with Gasteiger partial charge in [0.2, 0.25) is 5.95 Å². The predicted molar refractivity (Wildman–Crippen MR) is 118 cm³/mol. The van der Waals surface area contributed by atoms with Gasteiger partial charge in [-0.3, -0.25) is 0 Å². The van der Waals surface area contributed by atoms with Crippen molar-refractivity contribution in [3.8, 4) is 17.0 Å². The third-order valence-corrected chi connectivity index (χ3v) is 6.19. The van der Waals surface area contributed by atoms with Gasteiger partial charge in [0, 0.05) is 35.1 Å². The van der Waals surface area contributed by atoms with Gasteiger partial charge in [0.15, 0.2) is 0 Å². The first-order valence-corrected chi connectivity index (χ1v) is 11.4. The molecule has 0 amide bonds. The average Bonchev–Trinajstić information content (AvgIpc) is 3.13. The molecule has 2 aromatic heterocycles. The van der Waals surface area contributed by atoms with Crippen LogP contribution in [0.4, 0.5) is 11.6 Å². The molecule has 0 fully saturated rings. The summed E-state index contributed by atoms with van der Waals surface area (Å²) < 4.78 is 25.9. The van der Waals surface area contributed by atoms with Crippen molar-refractivity contribution in [1.82, 2.24) is 15.0 Å². The maximum atomic E-state index is 12.0. The van der Waals surface area contributed by atoms with Crippen molar-refractivity contribution in [2.75, 3.05) is 18.7 Å². The summed E-state index contributed by atoms with van der Waals surface area (Å²) >= 11 is 3.54. The summed E-state index contributed by atoms with van der Waals surface area (Å²) in [5, 5.41) is 4.21. The van der Waals surface area contributed by atoms with Crippen LogP contribution in [0, 0.1) is 4.78 Å². The number of H-pyrrole nitrogens is 1. The Bertz CT molecular complexity index is 1320. The van der Waals surface area contributed by atoms with Crippen molar-refractivity contribution in [3.63, 3.8) is 0 Å². The maximum Gasteiger partial charge on any atom is 0.227 e. The maximum absolute atomic E-state index is 12.0. The van der Waals surface area contributed by atoms with Crippen LogP contribution in [0.2, 0.25) is 0 Å². The quantitative estimate of drug-likeness (QED) is 0.372. The Morgan fingerprint density at radius 2 is 2.03 bits per heavy atom. The lowest BCUT2D eigenvalue weighted by Crippen LogP contribution is -2.02. The third kappa shape index (κ3) is 3.83.